The Hall–Kier alpha value is -1.40. The number of ether oxygens (including phenoxy) is 1. The average molecular weight is 320 g/mol. The molecule has 1 amide bonds. The molecule has 1 aromatic heterocycles. The van der Waals surface area contributed by atoms with Gasteiger partial charge in [-0.3, -0.25) is 9.48 Å². The lowest BCUT2D eigenvalue weighted by Crippen LogP contribution is -2.48. The van der Waals surface area contributed by atoms with Crippen LogP contribution in [-0.4, -0.2) is 71.4 Å². The fourth-order valence-corrected chi connectivity index (χ4v) is 3.08. The van der Waals surface area contributed by atoms with Gasteiger partial charge in [0.2, 0.25) is 0 Å². The van der Waals surface area contributed by atoms with Gasteiger partial charge in [0.1, 0.15) is 0 Å². The van der Waals surface area contributed by atoms with Crippen molar-refractivity contribution in [3.8, 4) is 0 Å². The van der Waals surface area contributed by atoms with Gasteiger partial charge in [0, 0.05) is 38.9 Å². The summed E-state index contributed by atoms with van der Waals surface area (Å²) in [5, 5.41) is 4.29. The van der Waals surface area contributed by atoms with Crippen molar-refractivity contribution < 1.29 is 9.53 Å². The van der Waals surface area contributed by atoms with Crippen LogP contribution in [0.1, 0.15) is 36.5 Å². The molecule has 0 spiro atoms. The number of amides is 1. The molecular formula is C17H28N4O2. The van der Waals surface area contributed by atoms with Crippen molar-refractivity contribution in [2.24, 2.45) is 5.92 Å². The molecule has 0 bridgehead atoms. The van der Waals surface area contributed by atoms with E-state index in [9.17, 15) is 4.79 Å². The van der Waals surface area contributed by atoms with Crippen LogP contribution < -0.4 is 0 Å². The first kappa shape index (κ1) is 16.5. The van der Waals surface area contributed by atoms with Crippen LogP contribution in [0.4, 0.5) is 0 Å². The molecule has 2 aliphatic rings. The maximum absolute atomic E-state index is 12.9. The molecule has 3 rings (SSSR count). The van der Waals surface area contributed by atoms with Crippen molar-refractivity contribution in [1.29, 1.82) is 0 Å². The third kappa shape index (κ3) is 4.54. The van der Waals surface area contributed by atoms with Crippen molar-refractivity contribution in [2.45, 2.75) is 38.8 Å². The van der Waals surface area contributed by atoms with Crippen LogP contribution in [-0.2, 0) is 11.3 Å². The topological polar surface area (TPSA) is 50.6 Å². The number of aromatic nitrogens is 2. The highest BCUT2D eigenvalue weighted by molar-refractivity contribution is 5.93. The maximum Gasteiger partial charge on any atom is 0.257 e. The van der Waals surface area contributed by atoms with E-state index >= 15 is 0 Å². The van der Waals surface area contributed by atoms with E-state index in [0.29, 0.717) is 18.0 Å². The van der Waals surface area contributed by atoms with Crippen molar-refractivity contribution in [2.75, 3.05) is 39.8 Å². The molecule has 1 atom stereocenters. The van der Waals surface area contributed by atoms with Gasteiger partial charge in [-0.2, -0.15) is 5.10 Å². The fourth-order valence-electron chi connectivity index (χ4n) is 3.08. The summed E-state index contributed by atoms with van der Waals surface area (Å²) in [4.78, 5) is 17.1. The summed E-state index contributed by atoms with van der Waals surface area (Å²) in [6, 6.07) is 0. The second kappa shape index (κ2) is 7.45. The first-order valence-corrected chi connectivity index (χ1v) is 8.77. The van der Waals surface area contributed by atoms with E-state index in [2.05, 4.69) is 24.0 Å². The Bertz CT molecular complexity index is 526. The highest BCUT2D eigenvalue weighted by atomic mass is 16.5. The van der Waals surface area contributed by atoms with Crippen LogP contribution in [0.5, 0.6) is 0 Å². The quantitative estimate of drug-likeness (QED) is 0.763. The zero-order chi connectivity index (χ0) is 16.2. The number of hydrogen-bond acceptors (Lipinski definition) is 4. The molecular weight excluding hydrogens is 292 g/mol. The Morgan fingerprint density at radius 3 is 2.96 bits per heavy atom. The molecule has 0 aromatic carbocycles. The molecule has 6 nitrogen and oxygen atoms in total. The first-order valence-electron chi connectivity index (χ1n) is 8.77. The van der Waals surface area contributed by atoms with Crippen LogP contribution in [0.15, 0.2) is 12.4 Å². The van der Waals surface area contributed by atoms with Gasteiger partial charge in [-0.05, 0) is 32.2 Å². The van der Waals surface area contributed by atoms with Gasteiger partial charge in [-0.1, -0.05) is 6.92 Å². The smallest absolute Gasteiger partial charge is 0.257 e. The van der Waals surface area contributed by atoms with Gasteiger partial charge in [0.15, 0.2) is 0 Å². The molecule has 23 heavy (non-hydrogen) atoms. The molecule has 2 heterocycles. The van der Waals surface area contributed by atoms with E-state index in [-0.39, 0.29) is 12.0 Å². The molecule has 0 N–H and O–H groups in total. The van der Waals surface area contributed by atoms with Crippen LogP contribution in [0.3, 0.4) is 0 Å². The van der Waals surface area contributed by atoms with Crippen LogP contribution in [0.2, 0.25) is 0 Å². The van der Waals surface area contributed by atoms with Crippen LogP contribution in [0.25, 0.3) is 0 Å². The SMILES string of the molecule is CCCn1cc(C(=O)N(CC2CC2)CC2CN(C)CCO2)cn1. The Labute approximate surface area is 138 Å². The van der Waals surface area contributed by atoms with Crippen LogP contribution >= 0.6 is 0 Å². The van der Waals surface area contributed by atoms with Gasteiger partial charge in [-0.15, -0.1) is 0 Å². The first-order chi connectivity index (χ1) is 11.2. The zero-order valence-electron chi connectivity index (χ0n) is 14.3. The number of morpholine rings is 1. The van der Waals surface area contributed by atoms with E-state index in [1.807, 2.05) is 15.8 Å². The molecule has 1 aliphatic carbocycles. The fraction of sp³-hybridized carbons (Fsp3) is 0.765. The highest BCUT2D eigenvalue weighted by Crippen LogP contribution is 2.30. The number of hydrogen-bond donors (Lipinski definition) is 0. The summed E-state index contributed by atoms with van der Waals surface area (Å²) in [7, 11) is 2.11. The highest BCUT2D eigenvalue weighted by Gasteiger charge is 2.30. The van der Waals surface area contributed by atoms with E-state index in [0.717, 1.165) is 39.2 Å². The lowest BCUT2D eigenvalue weighted by molar-refractivity contribution is -0.0331. The largest absolute Gasteiger partial charge is 0.374 e. The molecule has 6 heteroatoms. The van der Waals surface area contributed by atoms with Crippen molar-refractivity contribution in [3.63, 3.8) is 0 Å². The maximum atomic E-state index is 12.9. The number of nitrogens with zero attached hydrogens (tertiary/aromatic N) is 4. The number of rotatable bonds is 7. The summed E-state index contributed by atoms with van der Waals surface area (Å²) < 4.78 is 7.71. The van der Waals surface area contributed by atoms with Crippen LogP contribution in [0, 0.1) is 5.92 Å². The standard InChI is InChI=1S/C17H28N4O2/c1-3-6-21-11-15(9-18-21)17(22)20(10-14-4-5-14)13-16-12-19(2)7-8-23-16/h9,11,14,16H,3-8,10,12-13H2,1-2H3. The van der Waals surface area contributed by atoms with E-state index in [1.54, 1.807) is 6.20 Å². The molecule has 1 unspecified atom stereocenters. The monoisotopic (exact) mass is 320 g/mol. The summed E-state index contributed by atoms with van der Waals surface area (Å²) in [5.74, 6) is 0.766. The minimum atomic E-state index is 0.0936. The van der Waals surface area contributed by atoms with Crippen molar-refractivity contribution in [1.82, 2.24) is 19.6 Å². The third-order valence-electron chi connectivity index (χ3n) is 4.56. The molecule has 1 saturated carbocycles. The lowest BCUT2D eigenvalue weighted by atomic mass is 10.2. The Morgan fingerprint density at radius 1 is 1.43 bits per heavy atom. The molecule has 128 valence electrons. The third-order valence-corrected chi connectivity index (χ3v) is 4.56. The number of likely N-dealkylation sites (N-methyl/N-ethyl adjacent to an activating group) is 1. The summed E-state index contributed by atoms with van der Waals surface area (Å²) in [5.41, 5.74) is 0.697. The van der Waals surface area contributed by atoms with E-state index < -0.39 is 0 Å². The predicted molar refractivity (Wildman–Crippen MR) is 88.4 cm³/mol. The minimum absolute atomic E-state index is 0.0936. The summed E-state index contributed by atoms with van der Waals surface area (Å²) >= 11 is 0. The summed E-state index contributed by atoms with van der Waals surface area (Å²) in [6.45, 7) is 7.10. The molecule has 1 aromatic rings. The molecule has 1 saturated heterocycles. The van der Waals surface area contributed by atoms with Gasteiger partial charge in [0.05, 0.1) is 24.5 Å². The molecule has 0 radical (unpaired) electrons. The van der Waals surface area contributed by atoms with Gasteiger partial charge in [0.25, 0.3) is 5.91 Å². The molecule has 2 fully saturated rings. The Morgan fingerprint density at radius 2 is 2.26 bits per heavy atom. The lowest BCUT2D eigenvalue weighted by Gasteiger charge is -2.34. The minimum Gasteiger partial charge on any atom is -0.374 e. The van der Waals surface area contributed by atoms with Gasteiger partial charge < -0.3 is 14.5 Å². The van der Waals surface area contributed by atoms with E-state index in [1.165, 1.54) is 12.8 Å². The second-order valence-electron chi connectivity index (χ2n) is 6.90. The number of carbonyl (C=O) groups is 1. The zero-order valence-corrected chi connectivity index (χ0v) is 14.3. The average Bonchev–Trinajstić information content (AvgIpc) is 3.22. The Balaban J connectivity index is 1.65. The summed E-state index contributed by atoms with van der Waals surface area (Å²) in [6.07, 6.45) is 7.19. The number of carbonyl (C=O) groups excluding carboxylic acids is 1. The number of aryl methyl sites for hydroxylation is 1. The second-order valence-corrected chi connectivity index (χ2v) is 6.90. The van der Waals surface area contributed by atoms with Gasteiger partial charge >= 0.3 is 0 Å². The van der Waals surface area contributed by atoms with Crippen molar-refractivity contribution in [3.05, 3.63) is 18.0 Å². The van der Waals surface area contributed by atoms with Crippen molar-refractivity contribution >= 4 is 5.91 Å². The predicted octanol–water partition coefficient (Wildman–Crippen LogP) is 1.48. The normalized spacial score (nSPS) is 22.3. The molecule has 1 aliphatic heterocycles. The van der Waals surface area contributed by atoms with Gasteiger partial charge in [-0.25, -0.2) is 0 Å². The Kier molecular flexibility index (Phi) is 5.33. The van der Waals surface area contributed by atoms with E-state index in [4.69, 9.17) is 4.74 Å².